The van der Waals surface area contributed by atoms with Crippen molar-refractivity contribution in [3.05, 3.63) is 88.9 Å². The lowest BCUT2D eigenvalue weighted by molar-refractivity contribution is 0.303. The molecule has 26 heavy (non-hydrogen) atoms. The number of nitrogens with one attached hydrogen (secondary N) is 1. The zero-order valence-corrected chi connectivity index (χ0v) is 15.5. The third-order valence-corrected chi connectivity index (χ3v) is 4.14. The predicted octanol–water partition coefficient (Wildman–Crippen LogP) is 5.93. The first-order chi connectivity index (χ1) is 12.7. The highest BCUT2D eigenvalue weighted by molar-refractivity contribution is 6.30. The summed E-state index contributed by atoms with van der Waals surface area (Å²) in [6.07, 6.45) is 0. The maximum atomic E-state index is 6.03. The minimum absolute atomic E-state index is 0.487. The Bertz CT molecular complexity index is 834. The van der Waals surface area contributed by atoms with Gasteiger partial charge in [-0.2, -0.15) is 0 Å². The van der Waals surface area contributed by atoms with Crippen molar-refractivity contribution in [3.8, 4) is 11.5 Å². The van der Waals surface area contributed by atoms with Crippen LogP contribution in [-0.2, 0) is 13.2 Å². The van der Waals surface area contributed by atoms with Gasteiger partial charge in [-0.05, 0) is 55.0 Å². The Balaban J connectivity index is 1.61. The number of rotatable bonds is 8. The molecule has 0 unspecified atom stereocenters. The van der Waals surface area contributed by atoms with Gasteiger partial charge in [-0.25, -0.2) is 0 Å². The number of halogens is 1. The van der Waals surface area contributed by atoms with Gasteiger partial charge >= 0.3 is 0 Å². The quantitative estimate of drug-likeness (QED) is 0.535. The first kappa shape index (κ1) is 18.2. The largest absolute Gasteiger partial charge is 0.494 e. The van der Waals surface area contributed by atoms with Crippen LogP contribution < -0.4 is 14.8 Å². The van der Waals surface area contributed by atoms with E-state index < -0.39 is 0 Å². The van der Waals surface area contributed by atoms with Gasteiger partial charge in [-0.1, -0.05) is 41.9 Å². The van der Waals surface area contributed by atoms with Crippen LogP contribution >= 0.6 is 11.6 Å². The summed E-state index contributed by atoms with van der Waals surface area (Å²) >= 11 is 6.03. The number of anilines is 1. The fourth-order valence-corrected chi connectivity index (χ4v) is 2.82. The van der Waals surface area contributed by atoms with Gasteiger partial charge in [0.05, 0.1) is 6.61 Å². The molecule has 3 rings (SSSR count). The molecule has 1 N–H and O–H groups in total. The number of hydrogen-bond acceptors (Lipinski definition) is 3. The molecule has 134 valence electrons. The molecule has 0 aliphatic rings. The molecule has 0 amide bonds. The van der Waals surface area contributed by atoms with E-state index >= 15 is 0 Å². The molecule has 0 radical (unpaired) electrons. The molecule has 3 aromatic rings. The SMILES string of the molecule is CCOc1ccc(NCc2ccccc2OCc2cccc(Cl)c2)cc1. The molecule has 0 atom stereocenters. The maximum absolute atomic E-state index is 6.03. The summed E-state index contributed by atoms with van der Waals surface area (Å²) in [4.78, 5) is 0. The van der Waals surface area contributed by atoms with Gasteiger partial charge < -0.3 is 14.8 Å². The van der Waals surface area contributed by atoms with Crippen LogP contribution in [0.2, 0.25) is 5.02 Å². The van der Waals surface area contributed by atoms with E-state index in [9.17, 15) is 0 Å². The summed E-state index contributed by atoms with van der Waals surface area (Å²) < 4.78 is 11.5. The van der Waals surface area contributed by atoms with Crippen LogP contribution in [0.3, 0.4) is 0 Å². The Morgan fingerprint density at radius 2 is 1.69 bits per heavy atom. The molecule has 3 nitrogen and oxygen atoms in total. The third-order valence-electron chi connectivity index (χ3n) is 3.90. The number of benzene rings is 3. The Morgan fingerprint density at radius 3 is 2.46 bits per heavy atom. The topological polar surface area (TPSA) is 30.5 Å². The predicted molar refractivity (Wildman–Crippen MR) is 107 cm³/mol. The standard InChI is InChI=1S/C22H22ClNO2/c1-2-25-21-12-10-20(11-13-21)24-15-18-7-3-4-9-22(18)26-16-17-6-5-8-19(23)14-17/h3-14,24H,2,15-16H2,1H3. The van der Waals surface area contributed by atoms with Crippen LogP contribution in [0, 0.1) is 0 Å². The van der Waals surface area contributed by atoms with Gasteiger partial charge in [0.25, 0.3) is 0 Å². The van der Waals surface area contributed by atoms with Crippen molar-refractivity contribution in [2.45, 2.75) is 20.1 Å². The summed E-state index contributed by atoms with van der Waals surface area (Å²) in [5.74, 6) is 1.74. The van der Waals surface area contributed by atoms with Crippen molar-refractivity contribution in [1.82, 2.24) is 0 Å². The van der Waals surface area contributed by atoms with E-state index in [0.29, 0.717) is 19.8 Å². The second-order valence-electron chi connectivity index (χ2n) is 5.84. The van der Waals surface area contributed by atoms with Gasteiger partial charge in [-0.15, -0.1) is 0 Å². The highest BCUT2D eigenvalue weighted by Gasteiger charge is 2.04. The van der Waals surface area contributed by atoms with Crippen LogP contribution in [0.4, 0.5) is 5.69 Å². The van der Waals surface area contributed by atoms with Crippen LogP contribution in [-0.4, -0.2) is 6.61 Å². The molecule has 0 saturated heterocycles. The van der Waals surface area contributed by atoms with E-state index in [4.69, 9.17) is 21.1 Å². The summed E-state index contributed by atoms with van der Waals surface area (Å²) in [5.41, 5.74) is 3.19. The van der Waals surface area contributed by atoms with Gasteiger partial charge in [0, 0.05) is 22.8 Å². The molecule has 0 spiro atoms. The fourth-order valence-electron chi connectivity index (χ4n) is 2.61. The second-order valence-corrected chi connectivity index (χ2v) is 6.27. The normalized spacial score (nSPS) is 10.4. The van der Waals surface area contributed by atoms with Crippen molar-refractivity contribution in [2.75, 3.05) is 11.9 Å². The van der Waals surface area contributed by atoms with Crippen molar-refractivity contribution in [3.63, 3.8) is 0 Å². The minimum atomic E-state index is 0.487. The lowest BCUT2D eigenvalue weighted by Gasteiger charge is -2.13. The Morgan fingerprint density at radius 1 is 0.885 bits per heavy atom. The monoisotopic (exact) mass is 367 g/mol. The maximum Gasteiger partial charge on any atom is 0.124 e. The molecule has 0 fully saturated rings. The number of para-hydroxylation sites is 1. The summed E-state index contributed by atoms with van der Waals surface area (Å²) in [6.45, 7) is 3.82. The molecule has 0 aliphatic heterocycles. The summed E-state index contributed by atoms with van der Waals surface area (Å²) in [6, 6.07) is 23.7. The Hall–Kier alpha value is -2.65. The van der Waals surface area contributed by atoms with Crippen molar-refractivity contribution in [1.29, 1.82) is 0 Å². The number of ether oxygens (including phenoxy) is 2. The van der Waals surface area contributed by atoms with Crippen LogP contribution in [0.15, 0.2) is 72.8 Å². The highest BCUT2D eigenvalue weighted by Crippen LogP contribution is 2.22. The average Bonchev–Trinajstić information content (AvgIpc) is 2.67. The van der Waals surface area contributed by atoms with E-state index in [-0.39, 0.29) is 0 Å². The van der Waals surface area contributed by atoms with Crippen LogP contribution in [0.1, 0.15) is 18.1 Å². The molecular formula is C22H22ClNO2. The number of hydrogen-bond donors (Lipinski definition) is 1. The van der Waals surface area contributed by atoms with Crippen LogP contribution in [0.25, 0.3) is 0 Å². The van der Waals surface area contributed by atoms with Gasteiger partial charge in [-0.3, -0.25) is 0 Å². The minimum Gasteiger partial charge on any atom is -0.494 e. The summed E-state index contributed by atoms with van der Waals surface area (Å²) in [5, 5.41) is 4.14. The first-order valence-corrected chi connectivity index (χ1v) is 9.04. The molecule has 3 aromatic carbocycles. The molecule has 0 aliphatic carbocycles. The average molecular weight is 368 g/mol. The van der Waals surface area contributed by atoms with E-state index in [2.05, 4.69) is 11.4 Å². The zero-order chi connectivity index (χ0) is 18.2. The van der Waals surface area contributed by atoms with E-state index in [1.807, 2.05) is 73.7 Å². The zero-order valence-electron chi connectivity index (χ0n) is 14.7. The molecule has 0 bridgehead atoms. The molecule has 0 saturated carbocycles. The second kappa shape index (κ2) is 9.16. The molecular weight excluding hydrogens is 346 g/mol. The molecule has 4 heteroatoms. The Kier molecular flexibility index (Phi) is 6.39. The highest BCUT2D eigenvalue weighted by atomic mass is 35.5. The van der Waals surface area contributed by atoms with E-state index in [1.165, 1.54) is 0 Å². The van der Waals surface area contributed by atoms with E-state index in [0.717, 1.165) is 33.3 Å². The first-order valence-electron chi connectivity index (χ1n) is 8.66. The Labute approximate surface area is 159 Å². The van der Waals surface area contributed by atoms with Gasteiger partial charge in [0.15, 0.2) is 0 Å². The van der Waals surface area contributed by atoms with Crippen molar-refractivity contribution < 1.29 is 9.47 Å². The van der Waals surface area contributed by atoms with Gasteiger partial charge in [0.2, 0.25) is 0 Å². The third kappa shape index (κ3) is 5.17. The lowest BCUT2D eigenvalue weighted by Crippen LogP contribution is -2.03. The van der Waals surface area contributed by atoms with Crippen molar-refractivity contribution >= 4 is 17.3 Å². The van der Waals surface area contributed by atoms with Crippen molar-refractivity contribution in [2.24, 2.45) is 0 Å². The van der Waals surface area contributed by atoms with Gasteiger partial charge in [0.1, 0.15) is 18.1 Å². The van der Waals surface area contributed by atoms with Crippen LogP contribution in [0.5, 0.6) is 11.5 Å². The molecule has 0 aromatic heterocycles. The fraction of sp³-hybridized carbons (Fsp3) is 0.182. The lowest BCUT2D eigenvalue weighted by atomic mass is 10.2. The molecule has 0 heterocycles. The summed E-state index contributed by atoms with van der Waals surface area (Å²) in [7, 11) is 0. The van der Waals surface area contributed by atoms with E-state index in [1.54, 1.807) is 0 Å². The smallest absolute Gasteiger partial charge is 0.124 e.